The molecule has 7 heteroatoms. The molecule has 0 saturated heterocycles. The van der Waals surface area contributed by atoms with Crippen molar-refractivity contribution in [2.45, 2.75) is 6.92 Å². The van der Waals surface area contributed by atoms with Crippen molar-refractivity contribution >= 4 is 12.0 Å². The molecule has 78 valence electrons. The lowest BCUT2D eigenvalue weighted by molar-refractivity contribution is -0.116. The van der Waals surface area contributed by atoms with Gasteiger partial charge in [0.15, 0.2) is 6.19 Å². The van der Waals surface area contributed by atoms with E-state index in [1.807, 2.05) is 5.32 Å². The van der Waals surface area contributed by atoms with Gasteiger partial charge in [-0.15, -0.1) is 0 Å². The molecule has 0 aliphatic carbocycles. The molecule has 0 aromatic heterocycles. The first-order chi connectivity index (χ1) is 7.15. The van der Waals surface area contributed by atoms with Crippen molar-refractivity contribution in [2.24, 2.45) is 0 Å². The fraction of sp³-hybridized carbons (Fsp3) is 0.250. The van der Waals surface area contributed by atoms with Gasteiger partial charge in [-0.3, -0.25) is 15.4 Å². The van der Waals surface area contributed by atoms with Crippen molar-refractivity contribution in [3.63, 3.8) is 0 Å². The van der Waals surface area contributed by atoms with Crippen LogP contribution in [-0.2, 0) is 9.53 Å². The maximum atomic E-state index is 11.1. The number of hydrogen-bond acceptors (Lipinski definition) is 6. The number of imide groups is 1. The van der Waals surface area contributed by atoms with Gasteiger partial charge in [0.1, 0.15) is 11.6 Å². The van der Waals surface area contributed by atoms with Gasteiger partial charge in [-0.1, -0.05) is 0 Å². The molecule has 0 fully saturated rings. The van der Waals surface area contributed by atoms with Gasteiger partial charge >= 0.3 is 6.09 Å². The van der Waals surface area contributed by atoms with E-state index in [-0.39, 0.29) is 6.61 Å². The zero-order valence-corrected chi connectivity index (χ0v) is 7.90. The van der Waals surface area contributed by atoms with Crippen LogP contribution in [-0.4, -0.2) is 18.6 Å². The second kappa shape index (κ2) is 6.92. The lowest BCUT2D eigenvalue weighted by Crippen LogP contribution is -2.32. The quantitative estimate of drug-likeness (QED) is 0.285. The maximum Gasteiger partial charge on any atom is 0.414 e. The Morgan fingerprint density at radius 3 is 2.60 bits per heavy atom. The van der Waals surface area contributed by atoms with Gasteiger partial charge in [0.05, 0.1) is 6.61 Å². The van der Waals surface area contributed by atoms with Gasteiger partial charge in [-0.05, 0) is 6.92 Å². The minimum atomic E-state index is -0.944. The van der Waals surface area contributed by atoms with E-state index < -0.39 is 17.6 Å². The second-order valence-electron chi connectivity index (χ2n) is 2.10. The molecule has 2 N–H and O–H groups in total. The van der Waals surface area contributed by atoms with Crippen LogP contribution in [0.5, 0.6) is 0 Å². The fourth-order valence-corrected chi connectivity index (χ4v) is 0.580. The fourth-order valence-electron chi connectivity index (χ4n) is 0.580. The van der Waals surface area contributed by atoms with Crippen molar-refractivity contribution in [3.05, 3.63) is 11.8 Å². The van der Waals surface area contributed by atoms with Crippen molar-refractivity contribution < 1.29 is 14.3 Å². The van der Waals surface area contributed by atoms with Gasteiger partial charge < -0.3 is 4.74 Å². The average Bonchev–Trinajstić information content (AvgIpc) is 2.19. The maximum absolute atomic E-state index is 11.1. The average molecular weight is 208 g/mol. The molecular formula is C8H8N4O3. The Balaban J connectivity index is 4.38. The minimum absolute atomic E-state index is 0.112. The summed E-state index contributed by atoms with van der Waals surface area (Å²) in [5, 5.41) is 20.4. The molecule has 0 aromatic carbocycles. The van der Waals surface area contributed by atoms with Crippen LogP contribution in [0.2, 0.25) is 0 Å². The SMILES string of the molecule is CCOC(=O)NC(=O)C(C#N)=CNC#N. The summed E-state index contributed by atoms with van der Waals surface area (Å²) in [5.74, 6) is -0.932. The lowest BCUT2D eigenvalue weighted by Gasteiger charge is -2.01. The lowest BCUT2D eigenvalue weighted by atomic mass is 10.3. The summed E-state index contributed by atoms with van der Waals surface area (Å²) < 4.78 is 4.42. The summed E-state index contributed by atoms with van der Waals surface area (Å²) in [5.41, 5.74) is -0.399. The monoisotopic (exact) mass is 208 g/mol. The van der Waals surface area contributed by atoms with E-state index in [9.17, 15) is 9.59 Å². The largest absolute Gasteiger partial charge is 0.450 e. The molecule has 7 nitrogen and oxygen atoms in total. The smallest absolute Gasteiger partial charge is 0.414 e. The highest BCUT2D eigenvalue weighted by atomic mass is 16.5. The van der Waals surface area contributed by atoms with E-state index in [2.05, 4.69) is 4.74 Å². The number of nitrogens with zero attached hydrogens (tertiary/aromatic N) is 2. The molecule has 0 atom stereocenters. The van der Waals surface area contributed by atoms with Crippen molar-refractivity contribution in [3.8, 4) is 12.3 Å². The Morgan fingerprint density at radius 2 is 2.13 bits per heavy atom. The van der Waals surface area contributed by atoms with Crippen LogP contribution >= 0.6 is 0 Å². The van der Waals surface area contributed by atoms with Gasteiger partial charge in [0.25, 0.3) is 5.91 Å². The number of hydrogen-bond donors (Lipinski definition) is 2. The predicted molar refractivity (Wildman–Crippen MR) is 47.6 cm³/mol. The topological polar surface area (TPSA) is 115 Å². The van der Waals surface area contributed by atoms with Gasteiger partial charge in [-0.25, -0.2) is 4.79 Å². The van der Waals surface area contributed by atoms with Crippen molar-refractivity contribution in [1.82, 2.24) is 10.6 Å². The second-order valence-corrected chi connectivity index (χ2v) is 2.10. The van der Waals surface area contributed by atoms with Crippen LogP contribution in [0.1, 0.15) is 6.92 Å². The summed E-state index contributed by atoms with van der Waals surface area (Å²) in [7, 11) is 0. The van der Waals surface area contributed by atoms with Crippen LogP contribution < -0.4 is 10.6 Å². The Kier molecular flexibility index (Phi) is 5.75. The van der Waals surface area contributed by atoms with E-state index in [4.69, 9.17) is 10.5 Å². The summed E-state index contributed by atoms with van der Waals surface area (Å²) in [6.07, 6.45) is 1.43. The van der Waals surface area contributed by atoms with E-state index in [1.54, 1.807) is 12.2 Å². The summed E-state index contributed by atoms with van der Waals surface area (Å²) in [6.45, 7) is 1.68. The van der Waals surface area contributed by atoms with Crippen LogP contribution in [0, 0.1) is 22.8 Å². The molecule has 2 amide bonds. The first-order valence-corrected chi connectivity index (χ1v) is 3.88. The molecule has 0 aromatic rings. The molecule has 0 rings (SSSR count). The summed E-state index contributed by atoms with van der Waals surface area (Å²) in [6, 6.07) is 1.51. The molecular weight excluding hydrogens is 200 g/mol. The third-order valence-electron chi connectivity index (χ3n) is 1.14. The van der Waals surface area contributed by atoms with Gasteiger partial charge in [-0.2, -0.15) is 10.5 Å². The third-order valence-corrected chi connectivity index (χ3v) is 1.14. The Bertz CT molecular complexity index is 361. The highest BCUT2D eigenvalue weighted by Crippen LogP contribution is 1.90. The first-order valence-electron chi connectivity index (χ1n) is 3.88. The predicted octanol–water partition coefficient (Wildman–Crippen LogP) is -0.263. The minimum Gasteiger partial charge on any atom is -0.450 e. The molecule has 15 heavy (non-hydrogen) atoms. The van der Waals surface area contributed by atoms with Gasteiger partial charge in [0.2, 0.25) is 0 Å². The third kappa shape index (κ3) is 4.90. The molecule has 0 radical (unpaired) electrons. The number of ether oxygens (including phenoxy) is 1. The van der Waals surface area contributed by atoms with E-state index in [0.717, 1.165) is 6.20 Å². The number of carbonyl (C=O) groups excluding carboxylic acids is 2. The van der Waals surface area contributed by atoms with E-state index in [1.165, 1.54) is 12.3 Å². The molecule has 0 bridgehead atoms. The molecule has 0 unspecified atom stereocenters. The van der Waals surface area contributed by atoms with Crippen LogP contribution in [0.15, 0.2) is 11.8 Å². The normalized spacial score (nSPS) is 9.40. The van der Waals surface area contributed by atoms with Crippen molar-refractivity contribution in [1.29, 1.82) is 10.5 Å². The molecule has 0 saturated carbocycles. The molecule has 0 aliphatic heterocycles. The molecule has 0 spiro atoms. The standard InChI is InChI=1S/C8H8N4O3/c1-2-15-8(14)12-7(13)6(3-9)4-11-5-10/h4,11H,2H2,1H3,(H,12,13,14). The number of amides is 2. The number of carbonyl (C=O) groups is 2. The zero-order chi connectivity index (χ0) is 11.7. The van der Waals surface area contributed by atoms with E-state index >= 15 is 0 Å². The Labute approximate surface area is 85.9 Å². The number of nitrogens with one attached hydrogen (secondary N) is 2. The summed E-state index contributed by atoms with van der Waals surface area (Å²) >= 11 is 0. The Hall–Kier alpha value is -2.54. The zero-order valence-electron chi connectivity index (χ0n) is 7.90. The van der Waals surface area contributed by atoms with Crippen molar-refractivity contribution in [2.75, 3.05) is 6.61 Å². The highest BCUT2D eigenvalue weighted by molar-refractivity contribution is 6.04. The summed E-state index contributed by atoms with van der Waals surface area (Å²) in [4.78, 5) is 21.9. The molecule has 0 aliphatic rings. The van der Waals surface area contributed by atoms with Gasteiger partial charge in [0, 0.05) is 6.20 Å². The number of alkyl carbamates (subject to hydrolysis) is 1. The first kappa shape index (κ1) is 12.5. The van der Waals surface area contributed by atoms with Crippen LogP contribution in [0.4, 0.5) is 4.79 Å². The number of nitriles is 2. The highest BCUT2D eigenvalue weighted by Gasteiger charge is 2.12. The van der Waals surface area contributed by atoms with Crippen LogP contribution in [0.3, 0.4) is 0 Å². The number of rotatable bonds is 3. The van der Waals surface area contributed by atoms with E-state index in [0.29, 0.717) is 0 Å². The van der Waals surface area contributed by atoms with Crippen LogP contribution in [0.25, 0.3) is 0 Å². The molecule has 0 heterocycles. The Morgan fingerprint density at radius 1 is 1.47 bits per heavy atom.